The van der Waals surface area contributed by atoms with Crippen LogP contribution in [0.3, 0.4) is 0 Å². The van der Waals surface area contributed by atoms with E-state index in [1.807, 2.05) is 0 Å². The molecule has 0 saturated heterocycles. The van der Waals surface area contributed by atoms with Gasteiger partial charge in [0.15, 0.2) is 5.75 Å². The molecule has 0 N–H and O–H groups in total. The third-order valence-electron chi connectivity index (χ3n) is 2.84. The SMILES string of the molecule is Cc1nn(C)c(Cl)c1COc1cc(F)c(Br)cc1[N+](=O)[O-]. The first kappa shape index (κ1) is 15.7. The zero-order valence-electron chi connectivity index (χ0n) is 11.1. The van der Waals surface area contributed by atoms with Gasteiger partial charge in [-0.3, -0.25) is 14.8 Å². The topological polar surface area (TPSA) is 70.2 Å². The van der Waals surface area contributed by atoms with E-state index in [1.54, 1.807) is 14.0 Å². The van der Waals surface area contributed by atoms with E-state index in [2.05, 4.69) is 21.0 Å². The maximum Gasteiger partial charge on any atom is 0.312 e. The number of halogens is 3. The third-order valence-corrected chi connectivity index (χ3v) is 3.92. The van der Waals surface area contributed by atoms with Gasteiger partial charge in [0, 0.05) is 24.7 Å². The van der Waals surface area contributed by atoms with Gasteiger partial charge < -0.3 is 4.74 Å². The number of hydrogen-bond donors (Lipinski definition) is 0. The second-order valence-electron chi connectivity index (χ2n) is 4.26. The Morgan fingerprint density at radius 3 is 2.76 bits per heavy atom. The zero-order valence-corrected chi connectivity index (χ0v) is 13.4. The number of aryl methyl sites for hydroxylation is 2. The van der Waals surface area contributed by atoms with Crippen molar-refractivity contribution in [2.24, 2.45) is 7.05 Å². The van der Waals surface area contributed by atoms with Gasteiger partial charge in [0.2, 0.25) is 0 Å². The standard InChI is InChI=1S/C12H10BrClFN3O3/c1-6-7(12(14)17(2)16-6)5-21-11-4-9(15)8(13)3-10(11)18(19)20/h3-4H,5H2,1-2H3. The molecule has 1 aromatic carbocycles. The summed E-state index contributed by atoms with van der Waals surface area (Å²) in [7, 11) is 1.67. The van der Waals surface area contributed by atoms with Crippen molar-refractivity contribution in [2.45, 2.75) is 13.5 Å². The molecular weight excluding hydrogens is 369 g/mol. The maximum atomic E-state index is 13.5. The van der Waals surface area contributed by atoms with Crippen molar-refractivity contribution < 1.29 is 14.1 Å². The monoisotopic (exact) mass is 377 g/mol. The van der Waals surface area contributed by atoms with Gasteiger partial charge >= 0.3 is 5.69 Å². The first-order valence-corrected chi connectivity index (χ1v) is 6.92. The smallest absolute Gasteiger partial charge is 0.312 e. The van der Waals surface area contributed by atoms with Crippen molar-refractivity contribution in [3.8, 4) is 5.75 Å². The third kappa shape index (κ3) is 3.16. The second-order valence-corrected chi connectivity index (χ2v) is 5.47. The van der Waals surface area contributed by atoms with Crippen LogP contribution in [0, 0.1) is 22.9 Å². The number of nitro groups is 1. The average Bonchev–Trinajstić information content (AvgIpc) is 2.64. The summed E-state index contributed by atoms with van der Waals surface area (Å²) < 4.78 is 20.3. The fourth-order valence-electron chi connectivity index (χ4n) is 1.76. The van der Waals surface area contributed by atoms with Crippen molar-refractivity contribution in [1.29, 1.82) is 0 Å². The Morgan fingerprint density at radius 1 is 1.57 bits per heavy atom. The van der Waals surface area contributed by atoms with E-state index in [0.29, 0.717) is 16.4 Å². The van der Waals surface area contributed by atoms with Crippen molar-refractivity contribution in [2.75, 3.05) is 0 Å². The first-order valence-electron chi connectivity index (χ1n) is 5.75. The molecule has 0 atom stereocenters. The van der Waals surface area contributed by atoms with E-state index in [4.69, 9.17) is 16.3 Å². The lowest BCUT2D eigenvalue weighted by Gasteiger charge is -2.07. The number of benzene rings is 1. The molecule has 21 heavy (non-hydrogen) atoms. The fraction of sp³-hybridized carbons (Fsp3) is 0.250. The zero-order chi connectivity index (χ0) is 15.7. The molecule has 1 heterocycles. The minimum atomic E-state index is -0.649. The van der Waals surface area contributed by atoms with Gasteiger partial charge in [-0.25, -0.2) is 4.39 Å². The Morgan fingerprint density at radius 2 is 2.24 bits per heavy atom. The molecule has 0 unspecified atom stereocenters. The molecule has 0 aliphatic rings. The summed E-state index contributed by atoms with van der Waals surface area (Å²) in [6, 6.07) is 2.02. The van der Waals surface area contributed by atoms with Crippen LogP contribution in [-0.2, 0) is 13.7 Å². The molecule has 0 spiro atoms. The van der Waals surface area contributed by atoms with Crippen LogP contribution in [0.15, 0.2) is 16.6 Å². The molecule has 6 nitrogen and oxygen atoms in total. The molecule has 0 bridgehead atoms. The van der Waals surface area contributed by atoms with Crippen molar-refractivity contribution in [3.63, 3.8) is 0 Å². The summed E-state index contributed by atoms with van der Waals surface area (Å²) >= 11 is 8.95. The summed E-state index contributed by atoms with van der Waals surface area (Å²) in [6.45, 7) is 1.70. The van der Waals surface area contributed by atoms with Gasteiger partial charge in [0.1, 0.15) is 17.6 Å². The summed E-state index contributed by atoms with van der Waals surface area (Å²) in [4.78, 5) is 10.3. The largest absolute Gasteiger partial charge is 0.482 e. The molecular formula is C12H10BrClFN3O3. The quantitative estimate of drug-likeness (QED) is 0.600. The van der Waals surface area contributed by atoms with E-state index in [0.717, 1.165) is 12.1 Å². The Kier molecular flexibility index (Phi) is 4.48. The minimum Gasteiger partial charge on any atom is -0.482 e. The lowest BCUT2D eigenvalue weighted by Crippen LogP contribution is -2.01. The Hall–Kier alpha value is -1.67. The molecule has 9 heteroatoms. The van der Waals surface area contributed by atoms with Gasteiger partial charge in [-0.05, 0) is 22.9 Å². The molecule has 0 aliphatic heterocycles. The number of nitrogens with zero attached hydrogens (tertiary/aromatic N) is 3. The van der Waals surface area contributed by atoms with E-state index in [-0.39, 0.29) is 22.5 Å². The van der Waals surface area contributed by atoms with Gasteiger partial charge in [-0.2, -0.15) is 5.10 Å². The molecule has 0 fully saturated rings. The highest BCUT2D eigenvalue weighted by Gasteiger charge is 2.20. The molecule has 0 radical (unpaired) electrons. The Labute approximate surface area is 132 Å². The second kappa shape index (κ2) is 5.98. The summed E-state index contributed by atoms with van der Waals surface area (Å²) in [6.07, 6.45) is 0. The number of aromatic nitrogens is 2. The average molecular weight is 379 g/mol. The van der Waals surface area contributed by atoms with Crippen molar-refractivity contribution in [1.82, 2.24) is 9.78 Å². The van der Waals surface area contributed by atoms with Crippen LogP contribution in [-0.4, -0.2) is 14.7 Å². The van der Waals surface area contributed by atoms with E-state index >= 15 is 0 Å². The van der Waals surface area contributed by atoms with Crippen LogP contribution in [0.5, 0.6) is 5.75 Å². The molecule has 2 aromatic rings. The Balaban J connectivity index is 2.31. The predicted molar refractivity (Wildman–Crippen MR) is 78.0 cm³/mol. The van der Waals surface area contributed by atoms with Crippen LogP contribution in [0.2, 0.25) is 5.15 Å². The van der Waals surface area contributed by atoms with Gasteiger partial charge in [-0.15, -0.1) is 0 Å². The van der Waals surface area contributed by atoms with Gasteiger partial charge in [0.25, 0.3) is 0 Å². The van der Waals surface area contributed by atoms with Gasteiger partial charge in [-0.1, -0.05) is 11.6 Å². The van der Waals surface area contributed by atoms with Crippen LogP contribution < -0.4 is 4.74 Å². The molecule has 112 valence electrons. The first-order chi connectivity index (χ1) is 9.81. The minimum absolute atomic E-state index is 0.00265. The normalized spacial score (nSPS) is 10.7. The summed E-state index contributed by atoms with van der Waals surface area (Å²) in [5, 5.41) is 15.4. The predicted octanol–water partition coefficient (Wildman–Crippen LogP) is 3.77. The highest BCUT2D eigenvalue weighted by molar-refractivity contribution is 9.10. The summed E-state index contributed by atoms with van der Waals surface area (Å²) in [5.41, 5.74) is 0.903. The van der Waals surface area contributed by atoms with E-state index < -0.39 is 10.7 Å². The molecule has 2 rings (SSSR count). The number of ether oxygens (including phenoxy) is 1. The Bertz CT molecular complexity index is 720. The lowest BCUT2D eigenvalue weighted by atomic mass is 10.2. The fourth-order valence-corrected chi connectivity index (χ4v) is 2.32. The van der Waals surface area contributed by atoms with Crippen LogP contribution in [0.4, 0.5) is 10.1 Å². The van der Waals surface area contributed by atoms with Crippen molar-refractivity contribution >= 4 is 33.2 Å². The number of hydrogen-bond acceptors (Lipinski definition) is 4. The molecule has 0 amide bonds. The number of nitro benzene ring substituents is 1. The number of rotatable bonds is 4. The maximum absolute atomic E-state index is 13.5. The van der Waals surface area contributed by atoms with Gasteiger partial charge in [0.05, 0.1) is 15.1 Å². The molecule has 1 aromatic heterocycles. The van der Waals surface area contributed by atoms with E-state index in [9.17, 15) is 14.5 Å². The summed E-state index contributed by atoms with van der Waals surface area (Å²) in [5.74, 6) is -0.815. The van der Waals surface area contributed by atoms with Crippen LogP contribution in [0.1, 0.15) is 11.3 Å². The van der Waals surface area contributed by atoms with Crippen LogP contribution >= 0.6 is 27.5 Å². The molecule has 0 saturated carbocycles. The van der Waals surface area contributed by atoms with Crippen LogP contribution in [0.25, 0.3) is 0 Å². The molecule has 0 aliphatic carbocycles. The van der Waals surface area contributed by atoms with Crippen molar-refractivity contribution in [3.05, 3.63) is 48.9 Å². The highest BCUT2D eigenvalue weighted by atomic mass is 79.9. The van der Waals surface area contributed by atoms with E-state index in [1.165, 1.54) is 4.68 Å². The highest BCUT2D eigenvalue weighted by Crippen LogP contribution is 2.33. The lowest BCUT2D eigenvalue weighted by molar-refractivity contribution is -0.386.